The Labute approximate surface area is 66.4 Å². The molecular formula is C6H6BrFN2. The van der Waals surface area contributed by atoms with Crippen molar-refractivity contribution in [3.05, 3.63) is 28.2 Å². The second-order valence-electron chi connectivity index (χ2n) is 1.81. The van der Waals surface area contributed by atoms with E-state index in [2.05, 4.69) is 20.9 Å². The zero-order valence-electron chi connectivity index (χ0n) is 5.14. The molecule has 0 aliphatic rings. The fourth-order valence-corrected chi connectivity index (χ4v) is 0.986. The third-order valence-electron chi connectivity index (χ3n) is 1.10. The van der Waals surface area contributed by atoms with Crippen molar-refractivity contribution in [3.63, 3.8) is 0 Å². The van der Waals surface area contributed by atoms with Crippen molar-refractivity contribution in [2.24, 2.45) is 5.73 Å². The molecule has 0 saturated heterocycles. The van der Waals surface area contributed by atoms with Gasteiger partial charge in [-0.3, -0.25) is 0 Å². The molecule has 1 aromatic heterocycles. The van der Waals surface area contributed by atoms with E-state index in [1.807, 2.05) is 0 Å². The maximum atomic E-state index is 12.4. The van der Waals surface area contributed by atoms with Gasteiger partial charge in [-0.15, -0.1) is 0 Å². The second kappa shape index (κ2) is 3.07. The minimum absolute atomic E-state index is 0.297. The maximum absolute atomic E-state index is 12.4. The van der Waals surface area contributed by atoms with E-state index in [0.717, 1.165) is 6.20 Å². The number of nitrogens with zero attached hydrogens (tertiary/aromatic N) is 1. The Hall–Kier alpha value is -0.480. The second-order valence-corrected chi connectivity index (χ2v) is 2.56. The lowest BCUT2D eigenvalue weighted by Gasteiger charge is -1.97. The van der Waals surface area contributed by atoms with Crippen LogP contribution in [0.1, 0.15) is 5.56 Å². The quantitative estimate of drug-likeness (QED) is 0.704. The van der Waals surface area contributed by atoms with Crippen LogP contribution in [0.5, 0.6) is 0 Å². The van der Waals surface area contributed by atoms with Gasteiger partial charge < -0.3 is 5.73 Å². The monoisotopic (exact) mass is 204 g/mol. The predicted molar refractivity (Wildman–Crippen MR) is 39.8 cm³/mol. The average molecular weight is 205 g/mol. The summed E-state index contributed by atoms with van der Waals surface area (Å²) in [5.41, 5.74) is 5.96. The smallest absolute Gasteiger partial charge is 0.141 e. The molecule has 0 atom stereocenters. The summed E-state index contributed by atoms with van der Waals surface area (Å²) in [4.78, 5) is 3.71. The van der Waals surface area contributed by atoms with Gasteiger partial charge in [0.15, 0.2) is 0 Å². The van der Waals surface area contributed by atoms with E-state index >= 15 is 0 Å². The summed E-state index contributed by atoms with van der Waals surface area (Å²) in [6.45, 7) is 0.297. The molecule has 0 aromatic carbocycles. The van der Waals surface area contributed by atoms with Gasteiger partial charge >= 0.3 is 0 Å². The molecule has 0 aliphatic carbocycles. The minimum atomic E-state index is -0.358. The molecule has 54 valence electrons. The van der Waals surface area contributed by atoms with Gasteiger partial charge in [-0.2, -0.15) is 0 Å². The number of nitrogens with two attached hydrogens (primary N) is 1. The van der Waals surface area contributed by atoms with Gasteiger partial charge in [0.25, 0.3) is 0 Å². The first kappa shape index (κ1) is 7.63. The minimum Gasteiger partial charge on any atom is -0.326 e. The van der Waals surface area contributed by atoms with E-state index in [1.165, 1.54) is 6.07 Å². The van der Waals surface area contributed by atoms with Crippen molar-refractivity contribution >= 4 is 15.9 Å². The number of aromatic nitrogens is 1. The standard InChI is InChI=1S/C6H6BrFN2/c7-6-4(2-9)1-5(8)3-10-6/h1,3H,2,9H2. The highest BCUT2D eigenvalue weighted by Crippen LogP contribution is 2.12. The fourth-order valence-electron chi connectivity index (χ4n) is 0.608. The van der Waals surface area contributed by atoms with E-state index in [9.17, 15) is 4.39 Å². The number of hydrogen-bond acceptors (Lipinski definition) is 2. The van der Waals surface area contributed by atoms with Crippen LogP contribution in [0.4, 0.5) is 4.39 Å². The third-order valence-corrected chi connectivity index (χ3v) is 1.81. The van der Waals surface area contributed by atoms with Gasteiger partial charge in [-0.1, -0.05) is 0 Å². The van der Waals surface area contributed by atoms with Crippen LogP contribution >= 0.6 is 15.9 Å². The summed E-state index contributed by atoms with van der Waals surface area (Å²) in [5.74, 6) is -0.358. The molecule has 0 aliphatic heterocycles. The average Bonchev–Trinajstić information content (AvgIpc) is 1.94. The Kier molecular flexibility index (Phi) is 2.34. The van der Waals surface area contributed by atoms with Crippen molar-refractivity contribution in [1.29, 1.82) is 0 Å². The highest BCUT2D eigenvalue weighted by molar-refractivity contribution is 9.10. The van der Waals surface area contributed by atoms with Crippen molar-refractivity contribution in [1.82, 2.24) is 4.98 Å². The highest BCUT2D eigenvalue weighted by atomic mass is 79.9. The van der Waals surface area contributed by atoms with Crippen LogP contribution in [-0.4, -0.2) is 4.98 Å². The van der Waals surface area contributed by atoms with Crippen LogP contribution < -0.4 is 5.73 Å². The lowest BCUT2D eigenvalue weighted by atomic mass is 10.3. The van der Waals surface area contributed by atoms with Gasteiger partial charge in [0.1, 0.15) is 10.4 Å². The van der Waals surface area contributed by atoms with Gasteiger partial charge in [0.2, 0.25) is 0 Å². The summed E-state index contributed by atoms with van der Waals surface area (Å²) in [7, 11) is 0. The molecule has 4 heteroatoms. The molecule has 0 spiro atoms. The van der Waals surface area contributed by atoms with Gasteiger partial charge in [-0.05, 0) is 22.0 Å². The van der Waals surface area contributed by atoms with Crippen LogP contribution in [0.2, 0.25) is 0 Å². The van der Waals surface area contributed by atoms with E-state index in [0.29, 0.717) is 16.7 Å². The molecule has 1 aromatic rings. The van der Waals surface area contributed by atoms with Crippen LogP contribution in [-0.2, 0) is 6.54 Å². The van der Waals surface area contributed by atoms with Crippen molar-refractivity contribution < 1.29 is 4.39 Å². The van der Waals surface area contributed by atoms with E-state index in [4.69, 9.17) is 5.73 Å². The Morgan fingerprint density at radius 2 is 2.40 bits per heavy atom. The zero-order chi connectivity index (χ0) is 7.56. The first-order valence-corrected chi connectivity index (χ1v) is 3.53. The maximum Gasteiger partial charge on any atom is 0.141 e. The first-order chi connectivity index (χ1) is 4.74. The van der Waals surface area contributed by atoms with Crippen molar-refractivity contribution in [2.75, 3.05) is 0 Å². The van der Waals surface area contributed by atoms with E-state index < -0.39 is 0 Å². The summed E-state index contributed by atoms with van der Waals surface area (Å²) >= 11 is 3.13. The van der Waals surface area contributed by atoms with Crippen LogP contribution in [0, 0.1) is 5.82 Å². The molecule has 0 fully saturated rings. The van der Waals surface area contributed by atoms with Gasteiger partial charge in [-0.25, -0.2) is 9.37 Å². The van der Waals surface area contributed by atoms with Gasteiger partial charge in [0.05, 0.1) is 6.20 Å². The molecule has 0 unspecified atom stereocenters. The SMILES string of the molecule is NCc1cc(F)cnc1Br. The number of rotatable bonds is 1. The predicted octanol–water partition coefficient (Wildman–Crippen LogP) is 1.44. The Bertz CT molecular complexity index is 239. The van der Waals surface area contributed by atoms with Crippen LogP contribution in [0.15, 0.2) is 16.9 Å². The lowest BCUT2D eigenvalue weighted by molar-refractivity contribution is 0.617. The summed E-state index contributed by atoms with van der Waals surface area (Å²) < 4.78 is 13.0. The Morgan fingerprint density at radius 3 is 2.90 bits per heavy atom. The van der Waals surface area contributed by atoms with Gasteiger partial charge in [0, 0.05) is 12.1 Å². The topological polar surface area (TPSA) is 38.9 Å². The molecule has 0 radical (unpaired) electrons. The third kappa shape index (κ3) is 1.52. The molecular weight excluding hydrogens is 199 g/mol. The normalized spacial score (nSPS) is 9.90. The largest absolute Gasteiger partial charge is 0.326 e. The highest BCUT2D eigenvalue weighted by Gasteiger charge is 1.99. The summed E-state index contributed by atoms with van der Waals surface area (Å²) in [5, 5.41) is 0. The fraction of sp³-hybridized carbons (Fsp3) is 0.167. The molecule has 1 heterocycles. The molecule has 0 bridgehead atoms. The van der Waals surface area contributed by atoms with Crippen molar-refractivity contribution in [3.8, 4) is 0 Å². The van der Waals surface area contributed by atoms with Crippen LogP contribution in [0.25, 0.3) is 0 Å². The van der Waals surface area contributed by atoms with Crippen molar-refractivity contribution in [2.45, 2.75) is 6.54 Å². The lowest BCUT2D eigenvalue weighted by Crippen LogP contribution is -1.99. The molecule has 2 N–H and O–H groups in total. The molecule has 10 heavy (non-hydrogen) atoms. The first-order valence-electron chi connectivity index (χ1n) is 2.74. The Morgan fingerprint density at radius 1 is 1.70 bits per heavy atom. The summed E-state index contributed by atoms with van der Waals surface area (Å²) in [6.07, 6.45) is 1.14. The van der Waals surface area contributed by atoms with E-state index in [-0.39, 0.29) is 5.82 Å². The van der Waals surface area contributed by atoms with E-state index in [1.54, 1.807) is 0 Å². The molecule has 1 rings (SSSR count). The molecule has 0 saturated carbocycles. The number of halogens is 2. The molecule has 0 amide bonds. The zero-order valence-corrected chi connectivity index (χ0v) is 6.73. The summed E-state index contributed by atoms with van der Waals surface area (Å²) in [6, 6.07) is 1.36. The van der Waals surface area contributed by atoms with Crippen LogP contribution in [0.3, 0.4) is 0 Å². The number of hydrogen-bond donors (Lipinski definition) is 1. The Balaban J connectivity index is 3.09. The molecule has 2 nitrogen and oxygen atoms in total. The number of pyridine rings is 1.